The lowest BCUT2D eigenvalue weighted by Gasteiger charge is -2.23. The number of carbonyl (C=O) groups excluding carboxylic acids is 1. The van der Waals surface area contributed by atoms with E-state index in [4.69, 9.17) is 10.00 Å². The Morgan fingerprint density at radius 3 is 2.65 bits per heavy atom. The van der Waals surface area contributed by atoms with Gasteiger partial charge in [0.2, 0.25) is 5.91 Å². The first kappa shape index (κ1) is 16.6. The lowest BCUT2D eigenvalue weighted by atomic mass is 9.93. The maximum atomic E-state index is 13.1. The number of carbonyl (C=O) groups is 1. The van der Waals surface area contributed by atoms with Gasteiger partial charge in [-0.1, -0.05) is 12.1 Å². The number of pyridine rings is 1. The van der Waals surface area contributed by atoms with Gasteiger partial charge in [0.05, 0.1) is 29.8 Å². The van der Waals surface area contributed by atoms with Crippen molar-refractivity contribution in [2.45, 2.75) is 37.7 Å². The van der Waals surface area contributed by atoms with Crippen LogP contribution in [0.1, 0.15) is 36.1 Å². The fourth-order valence-electron chi connectivity index (χ4n) is 3.64. The van der Waals surface area contributed by atoms with Crippen LogP contribution < -0.4 is 4.74 Å². The van der Waals surface area contributed by atoms with E-state index >= 15 is 0 Å². The third kappa shape index (κ3) is 3.03. The lowest BCUT2D eigenvalue weighted by molar-refractivity contribution is -0.133. The van der Waals surface area contributed by atoms with E-state index in [2.05, 4.69) is 11.1 Å². The molecular formula is C21H21N3O2. The first-order valence-corrected chi connectivity index (χ1v) is 9.00. The quantitative estimate of drug-likeness (QED) is 0.853. The molecule has 1 saturated carbocycles. The van der Waals surface area contributed by atoms with E-state index in [1.165, 1.54) is 0 Å². The zero-order valence-corrected chi connectivity index (χ0v) is 14.8. The fraction of sp³-hybridized carbons (Fsp3) is 0.381. The molecule has 2 aliphatic rings. The molecule has 1 atom stereocenters. The molecule has 2 aromatic rings. The number of amides is 1. The van der Waals surface area contributed by atoms with Crippen molar-refractivity contribution in [3.05, 3.63) is 59.4 Å². The molecule has 5 nitrogen and oxygen atoms in total. The van der Waals surface area contributed by atoms with Gasteiger partial charge in [0.25, 0.3) is 0 Å². The minimum absolute atomic E-state index is 0.0141. The number of likely N-dealkylation sites (tertiary alicyclic amines) is 1. The molecule has 1 unspecified atom stereocenters. The average molecular weight is 347 g/mol. The van der Waals surface area contributed by atoms with Gasteiger partial charge in [-0.05, 0) is 49.6 Å². The van der Waals surface area contributed by atoms with Gasteiger partial charge >= 0.3 is 0 Å². The number of nitrogens with zero attached hydrogens (tertiary/aromatic N) is 3. The van der Waals surface area contributed by atoms with E-state index in [0.29, 0.717) is 12.1 Å². The van der Waals surface area contributed by atoms with Crippen LogP contribution in [0.15, 0.2) is 42.6 Å². The molecule has 5 heteroatoms. The van der Waals surface area contributed by atoms with Crippen LogP contribution in [0.3, 0.4) is 0 Å². The number of nitriles is 1. The van der Waals surface area contributed by atoms with Gasteiger partial charge in [0.15, 0.2) is 0 Å². The Balaban J connectivity index is 1.42. The van der Waals surface area contributed by atoms with Crippen molar-refractivity contribution in [2.24, 2.45) is 0 Å². The molecule has 1 aliphatic carbocycles. The van der Waals surface area contributed by atoms with Crippen molar-refractivity contribution >= 4 is 5.91 Å². The van der Waals surface area contributed by atoms with Gasteiger partial charge in [-0.25, -0.2) is 0 Å². The lowest BCUT2D eigenvalue weighted by Crippen LogP contribution is -2.38. The normalized spacial score (nSPS) is 20.5. The summed E-state index contributed by atoms with van der Waals surface area (Å²) in [6, 6.07) is 13.4. The molecule has 1 amide bonds. The number of aryl methyl sites for hydroxylation is 1. The first-order valence-electron chi connectivity index (χ1n) is 9.00. The highest BCUT2D eigenvalue weighted by Crippen LogP contribution is 2.50. The van der Waals surface area contributed by atoms with Crippen LogP contribution in [0, 0.1) is 18.3 Å². The maximum absolute atomic E-state index is 13.1. The second-order valence-corrected chi connectivity index (χ2v) is 7.19. The Bertz CT molecular complexity index is 848. The summed E-state index contributed by atoms with van der Waals surface area (Å²) in [7, 11) is 0. The van der Waals surface area contributed by atoms with Crippen molar-refractivity contribution in [1.82, 2.24) is 9.88 Å². The summed E-state index contributed by atoms with van der Waals surface area (Å²) in [5.74, 6) is 0.943. The van der Waals surface area contributed by atoms with Crippen molar-refractivity contribution in [3.8, 4) is 11.8 Å². The van der Waals surface area contributed by atoms with Gasteiger partial charge < -0.3 is 9.64 Å². The van der Waals surface area contributed by atoms with Crippen molar-refractivity contribution in [2.75, 3.05) is 13.1 Å². The molecule has 26 heavy (non-hydrogen) atoms. The minimum atomic E-state index is -0.395. The predicted molar refractivity (Wildman–Crippen MR) is 96.7 cm³/mol. The largest absolute Gasteiger partial charge is 0.487 e. The van der Waals surface area contributed by atoms with Crippen LogP contribution in [0.4, 0.5) is 0 Å². The van der Waals surface area contributed by atoms with E-state index < -0.39 is 5.41 Å². The molecular weight excluding hydrogens is 326 g/mol. The third-order valence-electron chi connectivity index (χ3n) is 5.35. The topological polar surface area (TPSA) is 66.2 Å². The van der Waals surface area contributed by atoms with Crippen molar-refractivity contribution in [1.29, 1.82) is 5.26 Å². The Morgan fingerprint density at radius 1 is 1.27 bits per heavy atom. The SMILES string of the molecule is Cc1ccc(OC2CCN(C(=O)C3(c4ccc(C#N)cc4)CC3)C2)cn1. The van der Waals surface area contributed by atoms with Gasteiger partial charge in [-0.3, -0.25) is 9.78 Å². The number of hydrogen-bond donors (Lipinski definition) is 0. The summed E-state index contributed by atoms with van der Waals surface area (Å²) in [6.45, 7) is 3.28. The molecule has 1 aromatic carbocycles. The zero-order chi connectivity index (χ0) is 18.1. The summed E-state index contributed by atoms with van der Waals surface area (Å²) < 4.78 is 5.99. The molecule has 0 spiro atoms. The highest BCUT2D eigenvalue weighted by Gasteiger charge is 2.53. The van der Waals surface area contributed by atoms with E-state index in [1.54, 1.807) is 18.3 Å². The summed E-state index contributed by atoms with van der Waals surface area (Å²) in [4.78, 5) is 19.3. The number of benzene rings is 1. The van der Waals surface area contributed by atoms with Gasteiger partial charge in [0, 0.05) is 18.7 Å². The smallest absolute Gasteiger partial charge is 0.233 e. The fourth-order valence-corrected chi connectivity index (χ4v) is 3.64. The van der Waals surface area contributed by atoms with Crippen LogP contribution >= 0.6 is 0 Å². The van der Waals surface area contributed by atoms with Crippen LogP contribution in [-0.2, 0) is 10.2 Å². The Morgan fingerprint density at radius 2 is 2.04 bits per heavy atom. The molecule has 4 rings (SSSR count). The summed E-state index contributed by atoms with van der Waals surface area (Å²) in [5.41, 5.74) is 2.21. The maximum Gasteiger partial charge on any atom is 0.233 e. The van der Waals surface area contributed by atoms with E-state index in [1.807, 2.05) is 36.1 Å². The Kier molecular flexibility index (Phi) is 4.12. The molecule has 0 radical (unpaired) electrons. The standard InChI is InChI=1S/C21H21N3O2/c1-15-2-7-18(13-23-15)26-19-8-11-24(14-19)20(25)21(9-10-21)17-5-3-16(12-22)4-6-17/h2-7,13,19H,8-11,14H2,1H3. The van der Waals surface area contributed by atoms with E-state index in [-0.39, 0.29) is 12.0 Å². The minimum Gasteiger partial charge on any atom is -0.487 e. The summed E-state index contributed by atoms with van der Waals surface area (Å²) in [5, 5.41) is 8.95. The molecule has 2 heterocycles. The first-order chi connectivity index (χ1) is 12.6. The van der Waals surface area contributed by atoms with Crippen LogP contribution in [0.2, 0.25) is 0 Å². The van der Waals surface area contributed by atoms with E-state index in [0.717, 1.165) is 42.8 Å². The van der Waals surface area contributed by atoms with Crippen LogP contribution in [0.25, 0.3) is 0 Å². The van der Waals surface area contributed by atoms with Crippen LogP contribution in [-0.4, -0.2) is 35.0 Å². The number of hydrogen-bond acceptors (Lipinski definition) is 4. The Labute approximate surface area is 153 Å². The zero-order valence-electron chi connectivity index (χ0n) is 14.8. The van der Waals surface area contributed by atoms with Crippen molar-refractivity contribution in [3.63, 3.8) is 0 Å². The van der Waals surface area contributed by atoms with Gasteiger partial charge in [0.1, 0.15) is 11.9 Å². The highest BCUT2D eigenvalue weighted by molar-refractivity contribution is 5.91. The Hall–Kier alpha value is -2.87. The monoisotopic (exact) mass is 347 g/mol. The molecule has 0 N–H and O–H groups in total. The predicted octanol–water partition coefficient (Wildman–Crippen LogP) is 2.97. The second kappa shape index (κ2) is 6.45. The number of aromatic nitrogens is 1. The van der Waals surface area contributed by atoms with Gasteiger partial charge in [-0.2, -0.15) is 5.26 Å². The molecule has 1 saturated heterocycles. The van der Waals surface area contributed by atoms with Crippen LogP contribution in [0.5, 0.6) is 5.75 Å². The molecule has 2 fully saturated rings. The average Bonchev–Trinajstić information content (AvgIpc) is 3.36. The van der Waals surface area contributed by atoms with Crippen molar-refractivity contribution < 1.29 is 9.53 Å². The summed E-state index contributed by atoms with van der Waals surface area (Å²) in [6.07, 6.45) is 4.34. The number of rotatable bonds is 4. The van der Waals surface area contributed by atoms with E-state index in [9.17, 15) is 4.79 Å². The molecule has 0 bridgehead atoms. The summed E-state index contributed by atoms with van der Waals surface area (Å²) >= 11 is 0. The molecule has 132 valence electrons. The third-order valence-corrected chi connectivity index (χ3v) is 5.35. The highest BCUT2D eigenvalue weighted by atomic mass is 16.5. The molecule has 1 aromatic heterocycles. The van der Waals surface area contributed by atoms with Gasteiger partial charge in [-0.15, -0.1) is 0 Å². The number of ether oxygens (including phenoxy) is 1. The second-order valence-electron chi connectivity index (χ2n) is 7.19. The molecule has 1 aliphatic heterocycles.